The zero-order valence-corrected chi connectivity index (χ0v) is 30.0. The minimum atomic E-state index is -5.34. The first-order valence-electron chi connectivity index (χ1n) is 15.9. The van der Waals surface area contributed by atoms with Gasteiger partial charge in [0.2, 0.25) is 11.9 Å². The number of methoxy groups -OCH3 is 1. The van der Waals surface area contributed by atoms with Crippen molar-refractivity contribution in [2.75, 3.05) is 36.3 Å². The summed E-state index contributed by atoms with van der Waals surface area (Å²) in [5, 5.41) is 23.6. The number of carbonyl (C=O) groups is 3. The Labute approximate surface area is 303 Å². The van der Waals surface area contributed by atoms with Crippen LogP contribution >= 0.6 is 15.6 Å². The maximum atomic E-state index is 13.0. The number of imide groups is 1. The van der Waals surface area contributed by atoms with Crippen molar-refractivity contribution in [2.24, 2.45) is 0 Å². The molecule has 0 bridgehead atoms. The Morgan fingerprint density at radius 2 is 1.76 bits per heavy atom. The van der Waals surface area contributed by atoms with Gasteiger partial charge in [-0.15, -0.1) is 0 Å². The Balaban J connectivity index is 0.955. The number of imidazole rings is 1. The lowest BCUT2D eigenvalue weighted by molar-refractivity contribution is -0.116. The van der Waals surface area contributed by atoms with Crippen LogP contribution in [-0.4, -0.2) is 95.9 Å². The predicted octanol–water partition coefficient (Wildman–Crippen LogP) is 1.11. The maximum Gasteiger partial charge on any atom is 0.481 e. The molecule has 4 aromatic rings. The number of aromatic amines is 1. The summed E-state index contributed by atoms with van der Waals surface area (Å²) in [6, 6.07) is 9.10. The summed E-state index contributed by atoms with van der Waals surface area (Å²) in [6.07, 6.45) is -5.51. The minimum Gasteiger partial charge on any atom is -0.497 e. The van der Waals surface area contributed by atoms with E-state index < -0.39 is 76.7 Å². The summed E-state index contributed by atoms with van der Waals surface area (Å²) in [5.41, 5.74) is 6.24. The van der Waals surface area contributed by atoms with Crippen LogP contribution in [0.1, 0.15) is 45.3 Å². The molecule has 22 nitrogen and oxygen atoms in total. The second-order valence-electron chi connectivity index (χ2n) is 12.0. The van der Waals surface area contributed by atoms with E-state index in [0.29, 0.717) is 22.7 Å². The molecule has 54 heavy (non-hydrogen) atoms. The van der Waals surface area contributed by atoms with Gasteiger partial charge in [0, 0.05) is 12.1 Å². The van der Waals surface area contributed by atoms with Crippen LogP contribution in [0.4, 0.5) is 17.3 Å². The molecule has 1 fully saturated rings. The molecule has 0 aliphatic carbocycles. The standard InChI is InChI=1S/C30H33N7O15P2/c1-14-10-15(5-8-19(14)37-27(42)17-7-6-16(48-2)11-18(17)28(37)43)33-21(38)4-3-9-49-53(44,45)52-54(46,47)50-12-20-23(39)24(40)29(51-20)36-13-32-22-25(36)34-30(31)35-26(22)41/h5-8,10-11,13,20,23-24,29,39-40H,3-4,9,12H2,1-2H3,(H,33,38)(H,44,45)(H,46,47)(H3,31,34,35,41)/t20-,23-,24-,29-/m1/s1. The number of aromatic nitrogens is 4. The molecule has 1 saturated heterocycles. The van der Waals surface area contributed by atoms with E-state index in [-0.39, 0.29) is 41.1 Å². The number of anilines is 3. The van der Waals surface area contributed by atoms with E-state index in [1.807, 2.05) is 0 Å². The highest BCUT2D eigenvalue weighted by Crippen LogP contribution is 2.60. The molecule has 2 aromatic heterocycles. The highest BCUT2D eigenvalue weighted by molar-refractivity contribution is 7.61. The molecule has 0 spiro atoms. The number of aliphatic hydroxyl groups is 2. The molecule has 2 aliphatic heterocycles. The van der Waals surface area contributed by atoms with E-state index in [0.717, 1.165) is 15.8 Å². The van der Waals surface area contributed by atoms with Gasteiger partial charge in [0.1, 0.15) is 24.1 Å². The number of hydrogen-bond donors (Lipinski definition) is 7. The van der Waals surface area contributed by atoms with Gasteiger partial charge in [-0.2, -0.15) is 9.29 Å². The van der Waals surface area contributed by atoms with Crippen molar-refractivity contribution in [1.82, 2.24) is 19.5 Å². The summed E-state index contributed by atoms with van der Waals surface area (Å²) >= 11 is 0. The normalized spacial score (nSPS) is 21.9. The highest BCUT2D eigenvalue weighted by atomic mass is 31.3. The van der Waals surface area contributed by atoms with E-state index >= 15 is 0 Å². The van der Waals surface area contributed by atoms with Crippen molar-refractivity contribution in [1.29, 1.82) is 0 Å². The van der Waals surface area contributed by atoms with Crippen LogP contribution in [0.5, 0.6) is 5.75 Å². The molecule has 4 heterocycles. The van der Waals surface area contributed by atoms with Crippen molar-refractivity contribution < 1.29 is 66.3 Å². The smallest absolute Gasteiger partial charge is 0.481 e. The Kier molecular flexibility index (Phi) is 10.9. The Hall–Kier alpha value is -4.86. The lowest BCUT2D eigenvalue weighted by Gasteiger charge is -2.19. The van der Waals surface area contributed by atoms with Crippen LogP contribution < -0.4 is 26.2 Å². The predicted molar refractivity (Wildman–Crippen MR) is 184 cm³/mol. The van der Waals surface area contributed by atoms with Gasteiger partial charge in [-0.05, 0) is 55.3 Å². The van der Waals surface area contributed by atoms with Gasteiger partial charge in [-0.3, -0.25) is 37.8 Å². The number of H-pyrrole nitrogens is 1. The third kappa shape index (κ3) is 7.98. The van der Waals surface area contributed by atoms with Crippen LogP contribution in [0, 0.1) is 6.92 Å². The summed E-state index contributed by atoms with van der Waals surface area (Å²) < 4.78 is 50.3. The number of aliphatic hydroxyl groups excluding tert-OH is 2. The van der Waals surface area contributed by atoms with Gasteiger partial charge in [0.15, 0.2) is 17.4 Å². The monoisotopic (exact) mass is 793 g/mol. The maximum absolute atomic E-state index is 13.0. The Morgan fingerprint density at radius 3 is 2.48 bits per heavy atom. The topological polar surface area (TPSA) is 317 Å². The highest BCUT2D eigenvalue weighted by Gasteiger charge is 2.46. The number of phosphoric acid groups is 2. The number of nitrogens with two attached hydrogens (primary N) is 1. The molecule has 288 valence electrons. The van der Waals surface area contributed by atoms with Gasteiger partial charge in [0.25, 0.3) is 17.4 Å². The van der Waals surface area contributed by atoms with Crippen LogP contribution in [0.25, 0.3) is 11.2 Å². The molecule has 6 atom stereocenters. The molecule has 3 amide bonds. The Morgan fingerprint density at radius 1 is 1.04 bits per heavy atom. The number of nitrogens with one attached hydrogen (secondary N) is 2. The fourth-order valence-corrected chi connectivity index (χ4v) is 7.87. The largest absolute Gasteiger partial charge is 0.497 e. The Bertz CT molecular complexity index is 2300. The summed E-state index contributed by atoms with van der Waals surface area (Å²) in [6.45, 7) is 0.165. The van der Waals surface area contributed by atoms with Crippen LogP contribution in [0.3, 0.4) is 0 Å². The second kappa shape index (κ2) is 15.1. The molecule has 2 aliphatic rings. The molecule has 0 saturated carbocycles. The first kappa shape index (κ1) is 38.9. The number of hydrogen-bond acceptors (Lipinski definition) is 16. The number of phosphoric ester groups is 2. The molecule has 0 radical (unpaired) electrons. The first-order valence-corrected chi connectivity index (χ1v) is 18.8. The average molecular weight is 794 g/mol. The third-order valence-corrected chi connectivity index (χ3v) is 10.9. The molecule has 8 N–H and O–H groups in total. The van der Waals surface area contributed by atoms with E-state index in [1.54, 1.807) is 19.1 Å². The van der Waals surface area contributed by atoms with Gasteiger partial charge in [0.05, 0.1) is 43.5 Å². The number of amides is 3. The minimum absolute atomic E-state index is 0.0886. The van der Waals surface area contributed by atoms with Crippen molar-refractivity contribution in [3.63, 3.8) is 0 Å². The van der Waals surface area contributed by atoms with Gasteiger partial charge >= 0.3 is 15.6 Å². The second-order valence-corrected chi connectivity index (χ2v) is 15.0. The number of nitrogen functional groups attached to an aromatic ring is 1. The SMILES string of the molecule is COc1ccc2c(c1)C(=O)N(c1ccc(NC(=O)CCCOP(=O)(O)OP(=O)(O)OC[C@H]3O[C@@H](n4cnc5c(=O)[nH]c(N)nc54)[C@H](O)[C@@H]3O)cc1C)C2=O. The number of nitrogens with zero attached hydrogens (tertiary/aromatic N) is 4. The first-order chi connectivity index (χ1) is 25.5. The number of rotatable bonds is 14. The van der Waals surface area contributed by atoms with Gasteiger partial charge in [-0.25, -0.2) is 19.0 Å². The van der Waals surface area contributed by atoms with E-state index in [9.17, 15) is 48.3 Å². The number of ether oxygens (including phenoxy) is 2. The van der Waals surface area contributed by atoms with Gasteiger partial charge in [-0.1, -0.05) is 0 Å². The van der Waals surface area contributed by atoms with Crippen molar-refractivity contribution >= 4 is 61.9 Å². The van der Waals surface area contributed by atoms with Crippen LogP contribution in [-0.2, 0) is 32.0 Å². The van der Waals surface area contributed by atoms with Crippen molar-refractivity contribution in [2.45, 2.75) is 44.3 Å². The van der Waals surface area contributed by atoms with Crippen LogP contribution in [0.2, 0.25) is 0 Å². The summed E-state index contributed by atoms with van der Waals surface area (Å²) in [5.74, 6) is -1.40. The summed E-state index contributed by atoms with van der Waals surface area (Å²) in [4.78, 5) is 81.7. The van der Waals surface area contributed by atoms with Crippen LogP contribution in [0.15, 0.2) is 47.5 Å². The lowest BCUT2D eigenvalue weighted by atomic mass is 10.1. The number of fused-ring (bicyclic) bond motifs is 2. The van der Waals surface area contributed by atoms with Crippen molar-refractivity contribution in [3.8, 4) is 5.75 Å². The zero-order chi connectivity index (χ0) is 39.1. The number of carbonyl (C=O) groups excluding carboxylic acids is 3. The van der Waals surface area contributed by atoms with Crippen molar-refractivity contribution in [3.05, 3.63) is 69.8 Å². The molecule has 2 aromatic carbocycles. The number of aryl methyl sites for hydroxylation is 1. The van der Waals surface area contributed by atoms with E-state index in [1.165, 1.54) is 31.4 Å². The molecule has 6 rings (SSSR count). The van der Waals surface area contributed by atoms with Gasteiger partial charge < -0.3 is 40.5 Å². The van der Waals surface area contributed by atoms with E-state index in [4.69, 9.17) is 24.3 Å². The van der Waals surface area contributed by atoms with E-state index in [2.05, 4.69) is 24.6 Å². The molecule has 24 heteroatoms. The molecule has 2 unspecified atom stereocenters. The summed E-state index contributed by atoms with van der Waals surface area (Å²) in [7, 11) is -9.13. The number of benzene rings is 2. The molecular formula is C30H33N7O15P2. The quantitative estimate of drug-likeness (QED) is 0.0534. The fourth-order valence-electron chi connectivity index (χ4n) is 5.76. The average Bonchev–Trinajstić information content (AvgIpc) is 3.73. The third-order valence-electron chi connectivity index (χ3n) is 8.29. The fraction of sp³-hybridized carbons (Fsp3) is 0.333. The lowest BCUT2D eigenvalue weighted by Crippen LogP contribution is -2.33. The molecular weight excluding hydrogens is 760 g/mol. The zero-order valence-electron chi connectivity index (χ0n) is 28.2.